The quantitative estimate of drug-likeness (QED) is 0.848. The summed E-state index contributed by atoms with van der Waals surface area (Å²) in [6.45, 7) is 0. The van der Waals surface area contributed by atoms with E-state index in [0.29, 0.717) is 11.4 Å². The van der Waals surface area contributed by atoms with Crippen LogP contribution in [0.5, 0.6) is 0 Å². The molecule has 3 nitrogen and oxygen atoms in total. The molecule has 1 heterocycles. The second-order valence-corrected chi connectivity index (χ2v) is 4.57. The molecular formula is C15H15ClN2O. The summed E-state index contributed by atoms with van der Waals surface area (Å²) in [6.07, 6.45) is 5.04. The molecule has 2 rings (SSSR count). The van der Waals surface area contributed by atoms with Gasteiger partial charge in [0.05, 0.1) is 5.56 Å². The number of carbonyl (C=O) groups is 1. The molecule has 0 spiro atoms. The highest BCUT2D eigenvalue weighted by Gasteiger charge is 2.05. The third-order valence-electron chi connectivity index (χ3n) is 2.71. The Kier molecular flexibility index (Phi) is 4.93. The summed E-state index contributed by atoms with van der Waals surface area (Å²) in [4.78, 5) is 15.9. The van der Waals surface area contributed by atoms with Gasteiger partial charge in [0, 0.05) is 24.0 Å². The molecule has 0 aliphatic rings. The fourth-order valence-corrected chi connectivity index (χ4v) is 1.91. The summed E-state index contributed by atoms with van der Waals surface area (Å²) >= 11 is 5.68. The van der Waals surface area contributed by atoms with Gasteiger partial charge >= 0.3 is 0 Å². The fourth-order valence-electron chi connectivity index (χ4n) is 1.78. The lowest BCUT2D eigenvalue weighted by atomic mass is 10.1. The van der Waals surface area contributed by atoms with Crippen LogP contribution in [0.3, 0.4) is 0 Å². The molecule has 19 heavy (non-hydrogen) atoms. The molecule has 1 amide bonds. The van der Waals surface area contributed by atoms with E-state index in [9.17, 15) is 4.79 Å². The number of aryl methyl sites for hydroxylation is 1. The van der Waals surface area contributed by atoms with Gasteiger partial charge in [0.15, 0.2) is 0 Å². The van der Waals surface area contributed by atoms with Crippen LogP contribution in [-0.4, -0.2) is 16.8 Å². The van der Waals surface area contributed by atoms with Crippen LogP contribution in [0.1, 0.15) is 22.3 Å². The molecule has 1 aromatic heterocycles. The van der Waals surface area contributed by atoms with Crippen molar-refractivity contribution in [3.8, 4) is 0 Å². The third kappa shape index (κ3) is 4.07. The zero-order valence-corrected chi connectivity index (χ0v) is 11.2. The molecule has 0 fully saturated rings. The van der Waals surface area contributed by atoms with Gasteiger partial charge in [0.2, 0.25) is 0 Å². The molecule has 1 N–H and O–H groups in total. The van der Waals surface area contributed by atoms with E-state index in [0.717, 1.165) is 18.5 Å². The molecule has 0 unspecified atom stereocenters. The van der Waals surface area contributed by atoms with E-state index in [1.165, 1.54) is 5.56 Å². The van der Waals surface area contributed by atoms with Gasteiger partial charge < -0.3 is 5.32 Å². The Balaban J connectivity index is 2.05. The van der Waals surface area contributed by atoms with E-state index in [-0.39, 0.29) is 5.91 Å². The number of rotatable bonds is 5. The van der Waals surface area contributed by atoms with Crippen molar-refractivity contribution in [2.45, 2.75) is 12.8 Å². The van der Waals surface area contributed by atoms with Crippen LogP contribution in [0, 0.1) is 0 Å². The number of hydrogen-bond acceptors (Lipinski definition) is 2. The molecule has 2 aromatic rings. The Morgan fingerprint density at radius 1 is 1.26 bits per heavy atom. The number of carbonyl (C=O) groups excluding carboxylic acids is 1. The summed E-state index contributed by atoms with van der Waals surface area (Å²) < 4.78 is 0. The van der Waals surface area contributed by atoms with Crippen LogP contribution < -0.4 is 5.32 Å². The normalized spacial score (nSPS) is 10.2. The van der Waals surface area contributed by atoms with Crippen LogP contribution in [0.25, 0.3) is 0 Å². The van der Waals surface area contributed by atoms with Gasteiger partial charge in [-0.1, -0.05) is 12.1 Å². The van der Waals surface area contributed by atoms with Crippen molar-refractivity contribution in [3.63, 3.8) is 0 Å². The molecule has 1 aromatic carbocycles. The second-order valence-electron chi connectivity index (χ2n) is 4.19. The van der Waals surface area contributed by atoms with E-state index in [1.807, 2.05) is 24.3 Å². The number of amides is 1. The number of benzene rings is 1. The maximum Gasteiger partial charge on any atom is 0.257 e. The van der Waals surface area contributed by atoms with Gasteiger partial charge in [0.1, 0.15) is 0 Å². The average Bonchev–Trinajstić information content (AvgIpc) is 2.46. The lowest BCUT2D eigenvalue weighted by Gasteiger charge is -2.07. The molecule has 0 atom stereocenters. The van der Waals surface area contributed by atoms with Gasteiger partial charge in [-0.25, -0.2) is 0 Å². The molecular weight excluding hydrogens is 260 g/mol. The van der Waals surface area contributed by atoms with E-state index in [2.05, 4.69) is 10.3 Å². The van der Waals surface area contributed by atoms with E-state index in [1.54, 1.807) is 24.5 Å². The second kappa shape index (κ2) is 6.90. The Hall–Kier alpha value is -1.87. The van der Waals surface area contributed by atoms with Gasteiger partial charge in [-0.3, -0.25) is 9.78 Å². The first-order valence-electron chi connectivity index (χ1n) is 6.16. The summed E-state index contributed by atoms with van der Waals surface area (Å²) in [5.41, 5.74) is 2.51. The summed E-state index contributed by atoms with van der Waals surface area (Å²) in [6, 6.07) is 11.3. The maximum atomic E-state index is 12.0. The number of aromatic nitrogens is 1. The van der Waals surface area contributed by atoms with Crippen molar-refractivity contribution in [3.05, 3.63) is 59.9 Å². The van der Waals surface area contributed by atoms with Gasteiger partial charge in [-0.05, 0) is 42.7 Å². The standard InChI is InChI=1S/C15H15ClN2O/c16-8-2-5-12-4-1-7-14(10-12)18-15(19)13-6-3-9-17-11-13/h1,3-4,6-7,9-11H,2,5,8H2,(H,18,19). The first kappa shape index (κ1) is 13.6. The van der Waals surface area contributed by atoms with Crippen molar-refractivity contribution in [1.82, 2.24) is 4.98 Å². The minimum atomic E-state index is -0.150. The first-order valence-corrected chi connectivity index (χ1v) is 6.69. The molecule has 0 saturated heterocycles. The molecule has 0 aliphatic heterocycles. The van der Waals surface area contributed by atoms with E-state index in [4.69, 9.17) is 11.6 Å². The summed E-state index contributed by atoms with van der Waals surface area (Å²) in [5.74, 6) is 0.495. The zero-order chi connectivity index (χ0) is 13.5. The number of nitrogens with one attached hydrogen (secondary N) is 1. The topological polar surface area (TPSA) is 42.0 Å². The number of pyridine rings is 1. The largest absolute Gasteiger partial charge is 0.322 e. The molecule has 4 heteroatoms. The molecule has 0 aliphatic carbocycles. The number of anilines is 1. The van der Waals surface area contributed by atoms with Crippen LogP contribution in [0.2, 0.25) is 0 Å². The predicted octanol–water partition coefficient (Wildman–Crippen LogP) is 3.51. The highest BCUT2D eigenvalue weighted by Crippen LogP contribution is 2.13. The van der Waals surface area contributed by atoms with Crippen molar-refractivity contribution in [2.75, 3.05) is 11.2 Å². The Morgan fingerprint density at radius 3 is 2.89 bits per heavy atom. The Labute approximate surface area is 117 Å². The lowest BCUT2D eigenvalue weighted by molar-refractivity contribution is 0.102. The first-order chi connectivity index (χ1) is 9.29. The average molecular weight is 275 g/mol. The minimum Gasteiger partial charge on any atom is -0.322 e. The summed E-state index contributed by atoms with van der Waals surface area (Å²) in [7, 11) is 0. The van der Waals surface area contributed by atoms with Crippen LogP contribution >= 0.6 is 11.6 Å². The minimum absolute atomic E-state index is 0.150. The molecule has 0 saturated carbocycles. The number of nitrogens with zero attached hydrogens (tertiary/aromatic N) is 1. The lowest BCUT2D eigenvalue weighted by Crippen LogP contribution is -2.12. The fraction of sp³-hybridized carbons (Fsp3) is 0.200. The third-order valence-corrected chi connectivity index (χ3v) is 2.97. The molecule has 0 bridgehead atoms. The molecule has 0 radical (unpaired) electrons. The van der Waals surface area contributed by atoms with Crippen LogP contribution in [0.4, 0.5) is 5.69 Å². The number of hydrogen-bond donors (Lipinski definition) is 1. The molecule has 98 valence electrons. The van der Waals surface area contributed by atoms with Crippen molar-refractivity contribution in [2.24, 2.45) is 0 Å². The van der Waals surface area contributed by atoms with Crippen molar-refractivity contribution in [1.29, 1.82) is 0 Å². The SMILES string of the molecule is O=C(Nc1cccc(CCCCl)c1)c1cccnc1. The zero-order valence-electron chi connectivity index (χ0n) is 10.5. The van der Waals surface area contributed by atoms with E-state index >= 15 is 0 Å². The Morgan fingerprint density at radius 2 is 2.16 bits per heavy atom. The Bertz CT molecular complexity index is 543. The highest BCUT2D eigenvalue weighted by molar-refractivity contribution is 6.17. The predicted molar refractivity (Wildman–Crippen MR) is 77.7 cm³/mol. The smallest absolute Gasteiger partial charge is 0.257 e. The van der Waals surface area contributed by atoms with Crippen molar-refractivity contribution >= 4 is 23.2 Å². The van der Waals surface area contributed by atoms with Gasteiger partial charge in [-0.2, -0.15) is 0 Å². The monoisotopic (exact) mass is 274 g/mol. The number of halogens is 1. The van der Waals surface area contributed by atoms with Gasteiger partial charge in [-0.15, -0.1) is 11.6 Å². The maximum absolute atomic E-state index is 12.0. The van der Waals surface area contributed by atoms with Crippen molar-refractivity contribution < 1.29 is 4.79 Å². The van der Waals surface area contributed by atoms with E-state index < -0.39 is 0 Å². The van der Waals surface area contributed by atoms with Crippen LogP contribution in [-0.2, 0) is 6.42 Å². The highest BCUT2D eigenvalue weighted by atomic mass is 35.5. The van der Waals surface area contributed by atoms with Crippen LogP contribution in [0.15, 0.2) is 48.8 Å². The van der Waals surface area contributed by atoms with Gasteiger partial charge in [0.25, 0.3) is 5.91 Å². The summed E-state index contributed by atoms with van der Waals surface area (Å²) in [5, 5.41) is 2.86. The number of alkyl halides is 1.